The summed E-state index contributed by atoms with van der Waals surface area (Å²) in [6.07, 6.45) is 1.58. The molecule has 1 aromatic rings. The molecule has 2 N–H and O–H groups in total. The second-order valence-electron chi connectivity index (χ2n) is 4.30. The zero-order valence-electron chi connectivity index (χ0n) is 10.3. The molecule has 1 aliphatic heterocycles. The van der Waals surface area contributed by atoms with Gasteiger partial charge in [0.05, 0.1) is 13.2 Å². The van der Waals surface area contributed by atoms with Crippen molar-refractivity contribution in [1.82, 2.24) is 15.2 Å². The van der Waals surface area contributed by atoms with Gasteiger partial charge in [0.25, 0.3) is 11.5 Å². The number of aromatic nitrogens is 1. The van der Waals surface area contributed by atoms with E-state index in [4.69, 9.17) is 4.74 Å². The summed E-state index contributed by atoms with van der Waals surface area (Å²) in [5.41, 5.74) is 0.191. The van der Waals surface area contributed by atoms with Crippen LogP contribution in [0.3, 0.4) is 0 Å². The first kappa shape index (κ1) is 12.8. The molecular formula is C12H17N3O3. The minimum atomic E-state index is -0.236. The van der Waals surface area contributed by atoms with Crippen LogP contribution in [0.1, 0.15) is 10.4 Å². The average Bonchev–Trinajstić information content (AvgIpc) is 2.40. The van der Waals surface area contributed by atoms with Gasteiger partial charge in [-0.3, -0.25) is 9.59 Å². The normalized spacial score (nSPS) is 19.5. The highest BCUT2D eigenvalue weighted by molar-refractivity contribution is 5.93. The lowest BCUT2D eigenvalue weighted by molar-refractivity contribution is 0.0734. The van der Waals surface area contributed by atoms with Gasteiger partial charge in [-0.05, 0) is 6.07 Å². The number of carbonyl (C=O) groups excluding carboxylic acids is 1. The van der Waals surface area contributed by atoms with Crippen LogP contribution >= 0.6 is 0 Å². The fraction of sp³-hybridized carbons (Fsp3) is 0.500. The fourth-order valence-electron chi connectivity index (χ4n) is 1.76. The van der Waals surface area contributed by atoms with Gasteiger partial charge in [0.2, 0.25) is 0 Å². The number of rotatable bonds is 3. The lowest BCUT2D eigenvalue weighted by Crippen LogP contribution is -2.48. The topological polar surface area (TPSA) is 72.4 Å². The fourth-order valence-corrected chi connectivity index (χ4v) is 1.76. The van der Waals surface area contributed by atoms with Gasteiger partial charge < -0.3 is 19.9 Å². The molecule has 1 unspecified atom stereocenters. The summed E-state index contributed by atoms with van der Waals surface area (Å²) >= 11 is 0. The van der Waals surface area contributed by atoms with E-state index in [-0.39, 0.29) is 17.5 Å². The van der Waals surface area contributed by atoms with E-state index in [9.17, 15) is 9.59 Å². The van der Waals surface area contributed by atoms with Crippen LogP contribution in [0.2, 0.25) is 0 Å². The second kappa shape index (κ2) is 5.79. The van der Waals surface area contributed by atoms with Gasteiger partial charge in [0.15, 0.2) is 0 Å². The van der Waals surface area contributed by atoms with Crippen LogP contribution in [0, 0.1) is 0 Å². The van der Waals surface area contributed by atoms with E-state index in [1.807, 2.05) is 0 Å². The summed E-state index contributed by atoms with van der Waals surface area (Å²) in [6, 6.07) is 3.09. The molecular weight excluding hydrogens is 234 g/mol. The zero-order chi connectivity index (χ0) is 13.0. The largest absolute Gasteiger partial charge is 0.378 e. The van der Waals surface area contributed by atoms with Crippen molar-refractivity contribution in [3.8, 4) is 0 Å². The molecule has 1 aliphatic rings. The van der Waals surface area contributed by atoms with Crippen molar-refractivity contribution in [3.05, 3.63) is 34.2 Å². The lowest BCUT2D eigenvalue weighted by atomic mass is 10.2. The van der Waals surface area contributed by atoms with Gasteiger partial charge in [-0.15, -0.1) is 0 Å². The second-order valence-corrected chi connectivity index (χ2v) is 4.30. The molecule has 0 saturated carbocycles. The third-order valence-corrected chi connectivity index (χ3v) is 2.87. The molecule has 6 nitrogen and oxygen atoms in total. The van der Waals surface area contributed by atoms with Crippen molar-refractivity contribution in [3.63, 3.8) is 0 Å². The van der Waals surface area contributed by atoms with Crippen LogP contribution in [0.25, 0.3) is 0 Å². The van der Waals surface area contributed by atoms with Crippen molar-refractivity contribution in [1.29, 1.82) is 0 Å². The zero-order valence-corrected chi connectivity index (χ0v) is 10.3. The number of hydrogen-bond donors (Lipinski definition) is 2. The maximum Gasteiger partial charge on any atom is 0.251 e. The van der Waals surface area contributed by atoms with E-state index in [1.165, 1.54) is 10.6 Å². The Hall–Kier alpha value is -1.66. The van der Waals surface area contributed by atoms with Crippen molar-refractivity contribution in [2.75, 3.05) is 26.3 Å². The van der Waals surface area contributed by atoms with Crippen LogP contribution in [0.5, 0.6) is 0 Å². The molecule has 1 saturated heterocycles. The quantitative estimate of drug-likeness (QED) is 0.730. The Balaban J connectivity index is 1.90. The summed E-state index contributed by atoms with van der Waals surface area (Å²) < 4.78 is 6.71. The van der Waals surface area contributed by atoms with Crippen LogP contribution in [-0.2, 0) is 11.8 Å². The van der Waals surface area contributed by atoms with Crippen molar-refractivity contribution >= 4 is 5.91 Å². The van der Waals surface area contributed by atoms with Crippen molar-refractivity contribution in [2.45, 2.75) is 6.04 Å². The van der Waals surface area contributed by atoms with Gasteiger partial charge in [-0.25, -0.2) is 0 Å². The smallest absolute Gasteiger partial charge is 0.251 e. The predicted molar refractivity (Wildman–Crippen MR) is 66.6 cm³/mol. The monoisotopic (exact) mass is 251 g/mol. The van der Waals surface area contributed by atoms with Gasteiger partial charge in [0, 0.05) is 44.0 Å². The Kier molecular flexibility index (Phi) is 4.11. The van der Waals surface area contributed by atoms with E-state index >= 15 is 0 Å². The number of nitrogens with one attached hydrogen (secondary N) is 2. The Morgan fingerprint density at radius 2 is 2.50 bits per heavy atom. The Morgan fingerprint density at radius 1 is 1.67 bits per heavy atom. The summed E-state index contributed by atoms with van der Waals surface area (Å²) in [5, 5.41) is 6.03. The number of pyridine rings is 1. The Labute approximate surface area is 105 Å². The lowest BCUT2D eigenvalue weighted by Gasteiger charge is -2.23. The summed E-state index contributed by atoms with van der Waals surface area (Å²) in [4.78, 5) is 23.2. The van der Waals surface area contributed by atoms with E-state index < -0.39 is 0 Å². The molecule has 0 bridgehead atoms. The maximum atomic E-state index is 11.8. The Morgan fingerprint density at radius 3 is 3.17 bits per heavy atom. The first-order chi connectivity index (χ1) is 8.66. The number of aryl methyl sites for hydroxylation is 1. The predicted octanol–water partition coefficient (Wildman–Crippen LogP) is -0.896. The highest BCUT2D eigenvalue weighted by Crippen LogP contribution is 1.96. The van der Waals surface area contributed by atoms with E-state index in [0.717, 1.165) is 6.54 Å². The molecule has 98 valence electrons. The highest BCUT2D eigenvalue weighted by atomic mass is 16.5. The highest BCUT2D eigenvalue weighted by Gasteiger charge is 2.14. The molecule has 18 heavy (non-hydrogen) atoms. The number of hydrogen-bond acceptors (Lipinski definition) is 4. The number of amides is 1. The molecule has 0 aromatic carbocycles. The van der Waals surface area contributed by atoms with Crippen LogP contribution in [-0.4, -0.2) is 42.8 Å². The molecule has 1 amide bonds. The first-order valence-corrected chi connectivity index (χ1v) is 5.93. The molecule has 6 heteroatoms. The van der Waals surface area contributed by atoms with Crippen LogP contribution in [0.4, 0.5) is 0 Å². The molecule has 1 fully saturated rings. The van der Waals surface area contributed by atoms with E-state index in [1.54, 1.807) is 19.3 Å². The molecule has 0 aliphatic carbocycles. The first-order valence-electron chi connectivity index (χ1n) is 5.93. The van der Waals surface area contributed by atoms with Gasteiger partial charge in [0.1, 0.15) is 0 Å². The number of ether oxygens (including phenoxy) is 1. The molecule has 2 heterocycles. The summed E-state index contributed by atoms with van der Waals surface area (Å²) in [7, 11) is 1.65. The third kappa shape index (κ3) is 3.18. The Bertz CT molecular complexity index is 478. The SMILES string of the molecule is Cn1ccc(C(=O)NCC2COCCN2)cc1=O. The van der Waals surface area contributed by atoms with E-state index in [0.29, 0.717) is 25.3 Å². The third-order valence-electron chi connectivity index (χ3n) is 2.87. The molecule has 1 atom stereocenters. The van der Waals surface area contributed by atoms with Crippen LogP contribution in [0.15, 0.2) is 23.1 Å². The number of morpholine rings is 1. The standard InChI is InChI=1S/C12H17N3O3/c1-15-4-2-9(6-11(15)16)12(17)14-7-10-8-18-5-3-13-10/h2,4,6,10,13H,3,5,7-8H2,1H3,(H,14,17). The van der Waals surface area contributed by atoms with Crippen LogP contribution < -0.4 is 16.2 Å². The van der Waals surface area contributed by atoms with Gasteiger partial charge >= 0.3 is 0 Å². The molecule has 1 aromatic heterocycles. The molecule has 0 spiro atoms. The average molecular weight is 251 g/mol. The molecule has 0 radical (unpaired) electrons. The van der Waals surface area contributed by atoms with E-state index in [2.05, 4.69) is 10.6 Å². The van der Waals surface area contributed by atoms with Crippen molar-refractivity contribution < 1.29 is 9.53 Å². The summed E-state index contributed by atoms with van der Waals surface area (Å²) in [6.45, 7) is 2.59. The van der Waals surface area contributed by atoms with Gasteiger partial charge in [-0.1, -0.05) is 0 Å². The maximum absolute atomic E-state index is 11.8. The minimum absolute atomic E-state index is 0.134. The van der Waals surface area contributed by atoms with Crippen molar-refractivity contribution in [2.24, 2.45) is 7.05 Å². The number of carbonyl (C=O) groups is 1. The van der Waals surface area contributed by atoms with Gasteiger partial charge in [-0.2, -0.15) is 0 Å². The molecule has 2 rings (SSSR count). The summed E-state index contributed by atoms with van der Waals surface area (Å²) in [5.74, 6) is -0.236. The minimum Gasteiger partial charge on any atom is -0.378 e. The number of nitrogens with zero attached hydrogens (tertiary/aromatic N) is 1.